The van der Waals surface area contributed by atoms with Gasteiger partial charge in [-0.2, -0.15) is 0 Å². The van der Waals surface area contributed by atoms with Crippen LogP contribution in [-0.4, -0.2) is 5.78 Å². The van der Waals surface area contributed by atoms with Crippen molar-refractivity contribution in [3.8, 4) is 0 Å². The van der Waals surface area contributed by atoms with Gasteiger partial charge in [-0.05, 0) is 48.0 Å². The zero-order valence-electron chi connectivity index (χ0n) is 10.0. The van der Waals surface area contributed by atoms with Crippen LogP contribution in [-0.2, 0) is 0 Å². The van der Waals surface area contributed by atoms with Crippen LogP contribution in [0.3, 0.4) is 0 Å². The van der Waals surface area contributed by atoms with E-state index in [4.69, 9.17) is 46.4 Å². The van der Waals surface area contributed by atoms with E-state index in [0.717, 1.165) is 0 Å². The fourth-order valence-electron chi connectivity index (χ4n) is 1.58. The van der Waals surface area contributed by atoms with Crippen LogP contribution in [0.1, 0.15) is 15.9 Å². The fourth-order valence-corrected chi connectivity index (χ4v) is 2.55. The molecule has 2 aromatic carbocycles. The van der Waals surface area contributed by atoms with E-state index in [1.165, 1.54) is 12.1 Å². The van der Waals surface area contributed by atoms with Gasteiger partial charge in [0.15, 0.2) is 5.78 Å². The first-order valence-corrected chi connectivity index (χ1v) is 7.11. The van der Waals surface area contributed by atoms with Crippen molar-refractivity contribution >= 4 is 58.3 Å². The summed E-state index contributed by atoms with van der Waals surface area (Å²) in [4.78, 5) is 12.0. The van der Waals surface area contributed by atoms with Gasteiger partial charge in [-0.25, -0.2) is 0 Å². The zero-order valence-corrected chi connectivity index (χ0v) is 13.1. The maximum atomic E-state index is 12.0. The van der Waals surface area contributed by atoms with Gasteiger partial charge >= 0.3 is 0 Å². The number of halogens is 4. The van der Waals surface area contributed by atoms with E-state index in [2.05, 4.69) is 0 Å². The molecule has 0 aliphatic heterocycles. The zero-order chi connectivity index (χ0) is 14.7. The molecule has 0 saturated heterocycles. The number of hydrogen-bond donors (Lipinski definition) is 0. The van der Waals surface area contributed by atoms with Crippen LogP contribution in [0.5, 0.6) is 0 Å². The van der Waals surface area contributed by atoms with E-state index in [1.54, 1.807) is 36.4 Å². The third-order valence-corrected chi connectivity index (χ3v) is 3.68. The second-order valence-corrected chi connectivity index (χ2v) is 5.67. The topological polar surface area (TPSA) is 17.1 Å². The van der Waals surface area contributed by atoms with Crippen molar-refractivity contribution in [1.29, 1.82) is 0 Å². The molecule has 0 bridgehead atoms. The van der Waals surface area contributed by atoms with E-state index < -0.39 is 0 Å². The van der Waals surface area contributed by atoms with Gasteiger partial charge < -0.3 is 0 Å². The van der Waals surface area contributed by atoms with E-state index >= 15 is 0 Å². The van der Waals surface area contributed by atoms with Crippen LogP contribution in [0.2, 0.25) is 20.1 Å². The van der Waals surface area contributed by atoms with E-state index in [1.807, 2.05) is 0 Å². The Balaban J connectivity index is 2.24. The van der Waals surface area contributed by atoms with Gasteiger partial charge in [0.1, 0.15) is 0 Å². The summed E-state index contributed by atoms with van der Waals surface area (Å²) in [7, 11) is 0. The van der Waals surface area contributed by atoms with Crippen LogP contribution >= 0.6 is 46.4 Å². The highest BCUT2D eigenvalue weighted by Crippen LogP contribution is 2.24. The Labute approximate surface area is 136 Å². The standard InChI is InChI=1S/C15H8Cl4O/c16-10-3-1-9(13(18)7-10)2-6-15(20)12-5-4-11(17)8-14(12)19/h1-8H/b6-2+. The van der Waals surface area contributed by atoms with Gasteiger partial charge in [-0.1, -0.05) is 52.5 Å². The van der Waals surface area contributed by atoms with E-state index in [0.29, 0.717) is 31.2 Å². The molecule has 5 heteroatoms. The SMILES string of the molecule is O=C(/C=C/c1ccc(Cl)cc1Cl)c1ccc(Cl)cc1Cl. The molecule has 0 atom stereocenters. The molecule has 0 unspecified atom stereocenters. The van der Waals surface area contributed by atoms with Crippen LogP contribution in [0.4, 0.5) is 0 Å². The van der Waals surface area contributed by atoms with Crippen molar-refractivity contribution in [2.75, 3.05) is 0 Å². The molecule has 0 radical (unpaired) electrons. The van der Waals surface area contributed by atoms with Crippen LogP contribution in [0.15, 0.2) is 42.5 Å². The Bertz CT molecular complexity index is 692. The molecule has 102 valence electrons. The highest BCUT2D eigenvalue weighted by Gasteiger charge is 2.08. The van der Waals surface area contributed by atoms with Crippen molar-refractivity contribution < 1.29 is 4.79 Å². The lowest BCUT2D eigenvalue weighted by molar-refractivity contribution is 0.104. The Morgan fingerprint density at radius 3 is 2.05 bits per heavy atom. The molecule has 0 saturated carbocycles. The fraction of sp³-hybridized carbons (Fsp3) is 0. The molecular formula is C15H8Cl4O. The van der Waals surface area contributed by atoms with Gasteiger partial charge in [0.2, 0.25) is 0 Å². The Kier molecular flexibility index (Phi) is 5.11. The number of carbonyl (C=O) groups excluding carboxylic acids is 1. The second kappa shape index (κ2) is 6.64. The molecule has 0 fully saturated rings. The lowest BCUT2D eigenvalue weighted by atomic mass is 10.1. The third-order valence-electron chi connectivity index (χ3n) is 2.57. The Morgan fingerprint density at radius 2 is 1.45 bits per heavy atom. The quantitative estimate of drug-likeness (QED) is 0.478. The summed E-state index contributed by atoms with van der Waals surface area (Å²) in [6.45, 7) is 0. The van der Waals surface area contributed by atoms with Gasteiger partial charge in [0, 0.05) is 20.6 Å². The molecule has 0 N–H and O–H groups in total. The number of allylic oxidation sites excluding steroid dienone is 1. The van der Waals surface area contributed by atoms with Crippen molar-refractivity contribution in [3.63, 3.8) is 0 Å². The number of hydrogen-bond acceptors (Lipinski definition) is 1. The molecule has 2 aromatic rings. The lowest BCUT2D eigenvalue weighted by Crippen LogP contribution is -1.95. The first-order chi connectivity index (χ1) is 9.47. The van der Waals surface area contributed by atoms with E-state index in [-0.39, 0.29) is 5.78 Å². The van der Waals surface area contributed by atoms with Crippen molar-refractivity contribution in [1.82, 2.24) is 0 Å². The number of rotatable bonds is 3. The second-order valence-electron chi connectivity index (χ2n) is 3.99. The molecule has 0 aliphatic rings. The van der Waals surface area contributed by atoms with E-state index in [9.17, 15) is 4.79 Å². The normalized spacial score (nSPS) is 11.0. The summed E-state index contributed by atoms with van der Waals surface area (Å²) in [5.74, 6) is -0.224. The van der Waals surface area contributed by atoms with Gasteiger partial charge in [0.25, 0.3) is 0 Å². The van der Waals surface area contributed by atoms with Crippen LogP contribution in [0, 0.1) is 0 Å². The predicted molar refractivity (Wildman–Crippen MR) is 86.3 cm³/mol. The minimum absolute atomic E-state index is 0.224. The molecule has 0 aromatic heterocycles. The number of benzene rings is 2. The first kappa shape index (κ1) is 15.4. The lowest BCUT2D eigenvalue weighted by Gasteiger charge is -2.01. The highest BCUT2D eigenvalue weighted by atomic mass is 35.5. The molecule has 1 nitrogen and oxygen atoms in total. The highest BCUT2D eigenvalue weighted by molar-refractivity contribution is 6.37. The minimum Gasteiger partial charge on any atom is -0.289 e. The molecule has 0 spiro atoms. The first-order valence-electron chi connectivity index (χ1n) is 5.60. The van der Waals surface area contributed by atoms with Crippen molar-refractivity contribution in [2.45, 2.75) is 0 Å². The number of carbonyl (C=O) groups is 1. The monoisotopic (exact) mass is 344 g/mol. The minimum atomic E-state index is -0.224. The van der Waals surface area contributed by atoms with Crippen molar-refractivity contribution in [2.24, 2.45) is 0 Å². The maximum Gasteiger partial charge on any atom is 0.187 e. The summed E-state index contributed by atoms with van der Waals surface area (Å²) in [5.41, 5.74) is 1.09. The Morgan fingerprint density at radius 1 is 0.850 bits per heavy atom. The Hall–Kier alpha value is -0.990. The molecule has 0 amide bonds. The molecular weight excluding hydrogens is 338 g/mol. The molecule has 20 heavy (non-hydrogen) atoms. The van der Waals surface area contributed by atoms with Crippen molar-refractivity contribution in [3.05, 3.63) is 73.7 Å². The van der Waals surface area contributed by atoms with Gasteiger partial charge in [0.05, 0.1) is 5.02 Å². The average Bonchev–Trinajstić information content (AvgIpc) is 2.37. The molecule has 2 rings (SSSR count). The summed E-state index contributed by atoms with van der Waals surface area (Å²) in [6.07, 6.45) is 3.02. The van der Waals surface area contributed by atoms with Gasteiger partial charge in [-0.15, -0.1) is 0 Å². The molecule has 0 heterocycles. The average molecular weight is 346 g/mol. The van der Waals surface area contributed by atoms with Crippen LogP contribution in [0.25, 0.3) is 6.08 Å². The molecule has 0 aliphatic carbocycles. The smallest absolute Gasteiger partial charge is 0.187 e. The summed E-state index contributed by atoms with van der Waals surface area (Å²) >= 11 is 23.6. The predicted octanol–water partition coefficient (Wildman–Crippen LogP) is 6.20. The third kappa shape index (κ3) is 3.77. The largest absolute Gasteiger partial charge is 0.289 e. The van der Waals surface area contributed by atoms with Gasteiger partial charge in [-0.3, -0.25) is 4.79 Å². The maximum absolute atomic E-state index is 12.0. The number of ketones is 1. The van der Waals surface area contributed by atoms with Crippen LogP contribution < -0.4 is 0 Å². The summed E-state index contributed by atoms with van der Waals surface area (Å²) in [6, 6.07) is 9.78. The summed E-state index contributed by atoms with van der Waals surface area (Å²) in [5, 5.41) is 1.81. The summed E-state index contributed by atoms with van der Waals surface area (Å²) < 4.78 is 0.